The summed E-state index contributed by atoms with van der Waals surface area (Å²) in [6.45, 7) is 7.07. The third-order valence-corrected chi connectivity index (χ3v) is 2.90. The highest BCUT2D eigenvalue weighted by Gasteiger charge is 2.12. The summed E-state index contributed by atoms with van der Waals surface area (Å²) in [4.78, 5) is 6.61. The number of aromatic nitrogens is 1. The smallest absolute Gasteiger partial charge is 0.125 e. The van der Waals surface area contributed by atoms with Crippen LogP contribution in [0.1, 0.15) is 19.4 Å². The van der Waals surface area contributed by atoms with Gasteiger partial charge >= 0.3 is 0 Å². The van der Waals surface area contributed by atoms with E-state index in [0.717, 1.165) is 25.5 Å². The van der Waals surface area contributed by atoms with Crippen LogP contribution in [0.15, 0.2) is 18.3 Å². The molecule has 0 spiro atoms. The van der Waals surface area contributed by atoms with Gasteiger partial charge in [-0.05, 0) is 31.2 Å². The second kappa shape index (κ2) is 7.25. The van der Waals surface area contributed by atoms with Gasteiger partial charge in [-0.25, -0.2) is 4.98 Å². The zero-order chi connectivity index (χ0) is 12.7. The summed E-state index contributed by atoms with van der Waals surface area (Å²) in [5.74, 6) is 0.915. The van der Waals surface area contributed by atoms with E-state index >= 15 is 0 Å². The highest BCUT2D eigenvalue weighted by Crippen LogP contribution is 2.11. The Morgan fingerprint density at radius 1 is 1.53 bits per heavy atom. The van der Waals surface area contributed by atoms with Crippen molar-refractivity contribution in [2.45, 2.75) is 26.4 Å². The fraction of sp³-hybridized carbons (Fsp3) is 0.615. The molecule has 4 heteroatoms. The molecule has 0 aliphatic rings. The van der Waals surface area contributed by atoms with Gasteiger partial charge in [-0.3, -0.25) is 4.90 Å². The van der Waals surface area contributed by atoms with Crippen LogP contribution in [-0.2, 0) is 11.3 Å². The molecule has 0 saturated heterocycles. The SMILES string of the molecule is CCN(Cc1ccnc(NC)c1)C(C)COC. The average Bonchev–Trinajstić information content (AvgIpc) is 2.36. The fourth-order valence-electron chi connectivity index (χ4n) is 1.87. The van der Waals surface area contributed by atoms with E-state index in [1.807, 2.05) is 13.2 Å². The Labute approximate surface area is 104 Å². The number of anilines is 1. The maximum Gasteiger partial charge on any atom is 0.125 e. The van der Waals surface area contributed by atoms with Gasteiger partial charge < -0.3 is 10.1 Å². The average molecular weight is 237 g/mol. The van der Waals surface area contributed by atoms with E-state index in [1.54, 1.807) is 7.11 Å². The first-order valence-corrected chi connectivity index (χ1v) is 6.07. The minimum absolute atomic E-state index is 0.427. The lowest BCUT2D eigenvalue weighted by Gasteiger charge is -2.27. The van der Waals surface area contributed by atoms with Crippen molar-refractivity contribution in [3.63, 3.8) is 0 Å². The largest absolute Gasteiger partial charge is 0.383 e. The van der Waals surface area contributed by atoms with E-state index in [1.165, 1.54) is 5.56 Å². The molecule has 0 saturated carbocycles. The number of hydrogen-bond acceptors (Lipinski definition) is 4. The number of pyridine rings is 1. The lowest BCUT2D eigenvalue weighted by molar-refractivity contribution is 0.0982. The molecule has 0 aliphatic heterocycles. The zero-order valence-corrected chi connectivity index (χ0v) is 11.2. The molecule has 0 aromatic carbocycles. The van der Waals surface area contributed by atoms with Crippen LogP contribution in [0, 0.1) is 0 Å². The molecule has 1 aromatic rings. The third-order valence-electron chi connectivity index (χ3n) is 2.90. The van der Waals surface area contributed by atoms with E-state index in [9.17, 15) is 0 Å². The van der Waals surface area contributed by atoms with Gasteiger partial charge in [-0.15, -0.1) is 0 Å². The van der Waals surface area contributed by atoms with Crippen molar-refractivity contribution in [2.24, 2.45) is 0 Å². The summed E-state index contributed by atoms with van der Waals surface area (Å²) in [7, 11) is 3.63. The predicted octanol–water partition coefficient (Wildman–Crippen LogP) is 1.98. The summed E-state index contributed by atoms with van der Waals surface area (Å²) in [6, 6.07) is 4.57. The molecule has 0 amide bonds. The van der Waals surface area contributed by atoms with Crippen molar-refractivity contribution in [1.29, 1.82) is 0 Å². The van der Waals surface area contributed by atoms with E-state index in [4.69, 9.17) is 4.74 Å². The minimum atomic E-state index is 0.427. The highest BCUT2D eigenvalue weighted by atomic mass is 16.5. The molecule has 0 fully saturated rings. The van der Waals surface area contributed by atoms with Crippen LogP contribution >= 0.6 is 0 Å². The first kappa shape index (κ1) is 13.9. The maximum atomic E-state index is 5.20. The van der Waals surface area contributed by atoms with Crippen molar-refractivity contribution < 1.29 is 4.74 Å². The Morgan fingerprint density at radius 2 is 2.29 bits per heavy atom. The summed E-state index contributed by atoms with van der Waals surface area (Å²) in [6.07, 6.45) is 1.84. The van der Waals surface area contributed by atoms with Crippen LogP contribution in [0.4, 0.5) is 5.82 Å². The van der Waals surface area contributed by atoms with Crippen molar-refractivity contribution >= 4 is 5.82 Å². The molecule has 0 bridgehead atoms. The number of ether oxygens (including phenoxy) is 1. The van der Waals surface area contributed by atoms with Crippen LogP contribution in [0.5, 0.6) is 0 Å². The number of methoxy groups -OCH3 is 1. The fourth-order valence-corrected chi connectivity index (χ4v) is 1.87. The van der Waals surface area contributed by atoms with E-state index in [-0.39, 0.29) is 0 Å². The van der Waals surface area contributed by atoms with Crippen LogP contribution in [-0.4, -0.2) is 43.2 Å². The Balaban J connectivity index is 2.66. The molecule has 96 valence electrons. The van der Waals surface area contributed by atoms with Gasteiger partial charge in [0.1, 0.15) is 5.82 Å². The lowest BCUT2D eigenvalue weighted by Crippen LogP contribution is -2.35. The quantitative estimate of drug-likeness (QED) is 0.787. The van der Waals surface area contributed by atoms with Gasteiger partial charge in [0, 0.05) is 32.9 Å². The Kier molecular flexibility index (Phi) is 5.94. The normalized spacial score (nSPS) is 12.8. The third kappa shape index (κ3) is 4.32. The van der Waals surface area contributed by atoms with E-state index < -0.39 is 0 Å². The molecule has 1 unspecified atom stereocenters. The summed E-state index contributed by atoms with van der Waals surface area (Å²) < 4.78 is 5.20. The Morgan fingerprint density at radius 3 is 2.88 bits per heavy atom. The van der Waals surface area contributed by atoms with Gasteiger partial charge in [0.25, 0.3) is 0 Å². The van der Waals surface area contributed by atoms with E-state index in [0.29, 0.717) is 6.04 Å². The molecule has 1 aromatic heterocycles. The number of hydrogen-bond donors (Lipinski definition) is 1. The zero-order valence-electron chi connectivity index (χ0n) is 11.2. The predicted molar refractivity (Wildman–Crippen MR) is 71.2 cm³/mol. The Hall–Kier alpha value is -1.13. The topological polar surface area (TPSA) is 37.4 Å². The van der Waals surface area contributed by atoms with Crippen LogP contribution in [0.3, 0.4) is 0 Å². The highest BCUT2D eigenvalue weighted by molar-refractivity contribution is 5.36. The summed E-state index contributed by atoms with van der Waals surface area (Å²) >= 11 is 0. The molecular weight excluding hydrogens is 214 g/mol. The maximum absolute atomic E-state index is 5.20. The van der Waals surface area contributed by atoms with Crippen LogP contribution in [0.25, 0.3) is 0 Å². The summed E-state index contributed by atoms with van der Waals surface area (Å²) in [5.41, 5.74) is 1.27. The van der Waals surface area contributed by atoms with Gasteiger partial charge in [0.15, 0.2) is 0 Å². The molecule has 0 aliphatic carbocycles. The van der Waals surface area contributed by atoms with Gasteiger partial charge in [0.2, 0.25) is 0 Å². The molecular formula is C13H23N3O. The first-order chi connectivity index (χ1) is 8.21. The standard InChI is InChI=1S/C13H23N3O/c1-5-16(11(2)10-17-4)9-12-6-7-15-13(8-12)14-3/h6-8,11H,5,9-10H2,1-4H3,(H,14,15). The van der Waals surface area contributed by atoms with Crippen molar-refractivity contribution in [3.8, 4) is 0 Å². The van der Waals surface area contributed by atoms with Crippen molar-refractivity contribution in [2.75, 3.05) is 32.6 Å². The van der Waals surface area contributed by atoms with Crippen molar-refractivity contribution in [3.05, 3.63) is 23.9 Å². The molecule has 1 rings (SSSR count). The second-order valence-corrected chi connectivity index (χ2v) is 4.17. The van der Waals surface area contributed by atoms with Gasteiger partial charge in [0.05, 0.1) is 6.61 Å². The number of rotatable bonds is 7. The first-order valence-electron chi connectivity index (χ1n) is 6.07. The molecule has 17 heavy (non-hydrogen) atoms. The number of nitrogens with one attached hydrogen (secondary N) is 1. The van der Waals surface area contributed by atoms with Crippen LogP contribution in [0.2, 0.25) is 0 Å². The lowest BCUT2D eigenvalue weighted by atomic mass is 10.2. The Bertz CT molecular complexity index is 330. The van der Waals surface area contributed by atoms with Crippen LogP contribution < -0.4 is 5.32 Å². The van der Waals surface area contributed by atoms with Crippen molar-refractivity contribution in [1.82, 2.24) is 9.88 Å². The second-order valence-electron chi connectivity index (χ2n) is 4.17. The minimum Gasteiger partial charge on any atom is -0.383 e. The molecule has 1 atom stereocenters. The number of nitrogens with zero attached hydrogens (tertiary/aromatic N) is 2. The molecule has 1 N–H and O–H groups in total. The molecule has 1 heterocycles. The number of likely N-dealkylation sites (N-methyl/N-ethyl adjacent to an activating group) is 1. The van der Waals surface area contributed by atoms with Gasteiger partial charge in [-0.2, -0.15) is 0 Å². The monoisotopic (exact) mass is 237 g/mol. The molecule has 4 nitrogen and oxygen atoms in total. The summed E-state index contributed by atoms with van der Waals surface area (Å²) in [5, 5.41) is 3.06. The van der Waals surface area contributed by atoms with Gasteiger partial charge in [-0.1, -0.05) is 6.92 Å². The molecule has 0 radical (unpaired) electrons. The van der Waals surface area contributed by atoms with E-state index in [2.05, 4.69) is 41.2 Å².